The Morgan fingerprint density at radius 2 is 2.04 bits per heavy atom. The first-order chi connectivity index (χ1) is 11.2. The van der Waals surface area contributed by atoms with E-state index in [0.29, 0.717) is 12.5 Å². The van der Waals surface area contributed by atoms with Crippen molar-refractivity contribution >= 4 is 11.6 Å². The number of pyridine rings is 1. The van der Waals surface area contributed by atoms with Crippen molar-refractivity contribution in [2.75, 3.05) is 6.54 Å². The van der Waals surface area contributed by atoms with Gasteiger partial charge in [0.2, 0.25) is 0 Å². The van der Waals surface area contributed by atoms with Crippen LogP contribution in [0.1, 0.15) is 48.4 Å². The first kappa shape index (κ1) is 15.1. The van der Waals surface area contributed by atoms with Crippen LogP contribution in [0, 0.1) is 5.82 Å². The monoisotopic (exact) mass is 330 g/mol. The summed E-state index contributed by atoms with van der Waals surface area (Å²) in [5.41, 5.74) is 3.95. The van der Waals surface area contributed by atoms with E-state index >= 15 is 0 Å². The van der Waals surface area contributed by atoms with Gasteiger partial charge in [0.15, 0.2) is 0 Å². The third-order valence-corrected chi connectivity index (χ3v) is 5.31. The highest BCUT2D eigenvalue weighted by Gasteiger charge is 2.44. The number of hydrogen-bond acceptors (Lipinski definition) is 2. The molecule has 0 saturated heterocycles. The number of halogens is 2. The lowest BCUT2D eigenvalue weighted by molar-refractivity contribution is 0.572. The molecule has 1 N–H and O–H groups in total. The number of nitrogens with zero attached hydrogens (tertiary/aromatic N) is 1. The van der Waals surface area contributed by atoms with Crippen molar-refractivity contribution in [2.24, 2.45) is 0 Å². The van der Waals surface area contributed by atoms with Crippen LogP contribution < -0.4 is 5.32 Å². The van der Waals surface area contributed by atoms with E-state index < -0.39 is 0 Å². The van der Waals surface area contributed by atoms with Gasteiger partial charge < -0.3 is 5.32 Å². The Kier molecular flexibility index (Phi) is 3.86. The molecule has 2 saturated carbocycles. The molecule has 1 aromatic heterocycles. The Hall–Kier alpha value is -1.45. The molecule has 120 valence electrons. The van der Waals surface area contributed by atoms with Crippen molar-refractivity contribution in [1.82, 2.24) is 10.3 Å². The minimum atomic E-state index is -0.363. The quantitative estimate of drug-likeness (QED) is 0.839. The molecule has 2 aromatic rings. The highest BCUT2D eigenvalue weighted by Crippen LogP contribution is 2.49. The molecule has 0 unspecified atom stereocenters. The fraction of sp³-hybridized carbons (Fsp3) is 0.421. The zero-order chi connectivity index (χ0) is 15.9. The first-order valence-corrected chi connectivity index (χ1v) is 8.65. The number of aromatic nitrogens is 1. The molecule has 2 fully saturated rings. The number of rotatable bonds is 6. The highest BCUT2D eigenvalue weighted by atomic mass is 35.5. The van der Waals surface area contributed by atoms with Crippen LogP contribution in [0.25, 0.3) is 0 Å². The number of benzene rings is 1. The largest absolute Gasteiger partial charge is 0.312 e. The second-order valence-corrected chi connectivity index (χ2v) is 7.28. The second-order valence-electron chi connectivity index (χ2n) is 6.88. The van der Waals surface area contributed by atoms with Gasteiger partial charge >= 0.3 is 0 Å². The van der Waals surface area contributed by atoms with Gasteiger partial charge in [-0.1, -0.05) is 17.7 Å². The standard InChI is InChI=1S/C19H20ClFN2/c20-16-9-13(1-4-17(16)21)11-22-12-19(6-7-19)15-5-8-23-18(10-15)14-2-3-14/h1,4-5,8-10,14,22H,2-3,6-7,11-12H2. The molecular formula is C19H20ClFN2. The van der Waals surface area contributed by atoms with E-state index in [1.807, 2.05) is 6.20 Å². The van der Waals surface area contributed by atoms with Crippen molar-refractivity contribution in [3.63, 3.8) is 0 Å². The van der Waals surface area contributed by atoms with Crippen LogP contribution in [-0.2, 0) is 12.0 Å². The Labute approximate surface area is 141 Å². The SMILES string of the molecule is Fc1ccc(CNCC2(c3ccnc(C4CC4)c3)CC2)cc1Cl. The van der Waals surface area contributed by atoms with E-state index in [1.165, 1.54) is 43.0 Å². The van der Waals surface area contributed by atoms with Gasteiger partial charge in [0, 0.05) is 36.3 Å². The molecule has 0 spiro atoms. The zero-order valence-corrected chi connectivity index (χ0v) is 13.7. The molecule has 2 aliphatic rings. The summed E-state index contributed by atoms with van der Waals surface area (Å²) in [6.45, 7) is 1.65. The van der Waals surface area contributed by atoms with Crippen molar-refractivity contribution in [2.45, 2.75) is 43.6 Å². The molecule has 1 heterocycles. The van der Waals surface area contributed by atoms with E-state index in [4.69, 9.17) is 11.6 Å². The van der Waals surface area contributed by atoms with Crippen molar-refractivity contribution in [1.29, 1.82) is 0 Å². The third kappa shape index (κ3) is 3.26. The predicted octanol–water partition coefficient (Wildman–Crippen LogP) is 4.57. The molecule has 4 heteroatoms. The van der Waals surface area contributed by atoms with E-state index in [9.17, 15) is 4.39 Å². The van der Waals surface area contributed by atoms with Gasteiger partial charge in [0.05, 0.1) is 5.02 Å². The molecule has 2 aliphatic carbocycles. The molecule has 0 radical (unpaired) electrons. The Morgan fingerprint density at radius 3 is 2.74 bits per heavy atom. The molecule has 0 amide bonds. The summed E-state index contributed by atoms with van der Waals surface area (Å²) in [5, 5.41) is 3.70. The Bertz CT molecular complexity index is 723. The first-order valence-electron chi connectivity index (χ1n) is 8.27. The van der Waals surface area contributed by atoms with Gasteiger partial charge in [-0.05, 0) is 61.1 Å². The number of hydrogen-bond donors (Lipinski definition) is 1. The normalized spacial score (nSPS) is 18.9. The average molecular weight is 331 g/mol. The van der Waals surface area contributed by atoms with Crippen molar-refractivity contribution in [3.05, 3.63) is 64.2 Å². The van der Waals surface area contributed by atoms with Gasteiger partial charge in [-0.3, -0.25) is 4.98 Å². The molecule has 0 bridgehead atoms. The second kappa shape index (κ2) is 5.88. The van der Waals surface area contributed by atoms with Gasteiger partial charge in [-0.25, -0.2) is 4.39 Å². The van der Waals surface area contributed by atoms with Crippen LogP contribution >= 0.6 is 11.6 Å². The zero-order valence-electron chi connectivity index (χ0n) is 13.0. The van der Waals surface area contributed by atoms with Crippen LogP contribution in [0.5, 0.6) is 0 Å². The van der Waals surface area contributed by atoms with Gasteiger partial charge in [0.25, 0.3) is 0 Å². The maximum atomic E-state index is 13.2. The fourth-order valence-corrected chi connectivity index (χ4v) is 3.40. The predicted molar refractivity (Wildman–Crippen MR) is 90.2 cm³/mol. The van der Waals surface area contributed by atoms with Crippen LogP contribution in [0.2, 0.25) is 5.02 Å². The van der Waals surface area contributed by atoms with Gasteiger partial charge in [-0.2, -0.15) is 0 Å². The summed E-state index contributed by atoms with van der Waals surface area (Å²) in [6.07, 6.45) is 6.97. The summed E-state index contributed by atoms with van der Waals surface area (Å²) in [5.74, 6) is 0.332. The summed E-state index contributed by atoms with van der Waals surface area (Å²) in [7, 11) is 0. The lowest BCUT2D eigenvalue weighted by Gasteiger charge is -2.17. The Morgan fingerprint density at radius 1 is 1.22 bits per heavy atom. The van der Waals surface area contributed by atoms with E-state index in [-0.39, 0.29) is 16.3 Å². The third-order valence-electron chi connectivity index (χ3n) is 5.02. The average Bonchev–Trinajstić information content (AvgIpc) is 3.46. The molecule has 0 aliphatic heterocycles. The van der Waals surface area contributed by atoms with Gasteiger partial charge in [-0.15, -0.1) is 0 Å². The van der Waals surface area contributed by atoms with E-state index in [1.54, 1.807) is 12.1 Å². The maximum absolute atomic E-state index is 13.2. The van der Waals surface area contributed by atoms with E-state index in [2.05, 4.69) is 22.4 Å². The molecular weight excluding hydrogens is 311 g/mol. The summed E-state index contributed by atoms with van der Waals surface area (Å²) in [4.78, 5) is 4.52. The fourth-order valence-electron chi connectivity index (χ4n) is 3.19. The molecule has 0 atom stereocenters. The van der Waals surface area contributed by atoms with E-state index in [0.717, 1.165) is 12.1 Å². The molecule has 2 nitrogen and oxygen atoms in total. The summed E-state index contributed by atoms with van der Waals surface area (Å²) in [6, 6.07) is 9.37. The molecule has 23 heavy (non-hydrogen) atoms. The minimum absolute atomic E-state index is 0.189. The topological polar surface area (TPSA) is 24.9 Å². The summed E-state index contributed by atoms with van der Waals surface area (Å²) < 4.78 is 13.2. The van der Waals surface area contributed by atoms with Crippen LogP contribution in [-0.4, -0.2) is 11.5 Å². The van der Waals surface area contributed by atoms with Crippen LogP contribution in [0.3, 0.4) is 0 Å². The van der Waals surface area contributed by atoms with Crippen LogP contribution in [0.15, 0.2) is 36.5 Å². The number of nitrogens with one attached hydrogen (secondary N) is 1. The maximum Gasteiger partial charge on any atom is 0.141 e. The minimum Gasteiger partial charge on any atom is -0.312 e. The van der Waals surface area contributed by atoms with Crippen molar-refractivity contribution in [3.8, 4) is 0 Å². The highest BCUT2D eigenvalue weighted by molar-refractivity contribution is 6.30. The Balaban J connectivity index is 1.40. The smallest absolute Gasteiger partial charge is 0.141 e. The van der Waals surface area contributed by atoms with Gasteiger partial charge in [0.1, 0.15) is 5.82 Å². The van der Waals surface area contributed by atoms with Crippen LogP contribution in [0.4, 0.5) is 4.39 Å². The lowest BCUT2D eigenvalue weighted by atomic mass is 9.95. The summed E-state index contributed by atoms with van der Waals surface area (Å²) >= 11 is 5.83. The molecule has 1 aromatic carbocycles. The lowest BCUT2D eigenvalue weighted by Crippen LogP contribution is -2.26. The molecule has 4 rings (SSSR count). The van der Waals surface area contributed by atoms with Crippen molar-refractivity contribution < 1.29 is 4.39 Å².